The highest BCUT2D eigenvalue weighted by Crippen LogP contribution is 2.40. The lowest BCUT2D eigenvalue weighted by atomic mass is 9.85. The summed E-state index contributed by atoms with van der Waals surface area (Å²) in [6.07, 6.45) is 10.2. The highest BCUT2D eigenvalue weighted by atomic mass is 35.5. The number of benzene rings is 3. The normalized spacial score (nSPS) is 19.6. The topological polar surface area (TPSA) is 12.5 Å². The first kappa shape index (κ1) is 23.7. The molecule has 2 unspecified atom stereocenters. The van der Waals surface area contributed by atoms with Crippen LogP contribution in [0.4, 0.5) is 5.69 Å². The smallest absolute Gasteiger partial charge is 0.128 e. The lowest BCUT2D eigenvalue weighted by Gasteiger charge is -2.37. The van der Waals surface area contributed by atoms with Gasteiger partial charge in [-0.2, -0.15) is 0 Å². The van der Waals surface area contributed by atoms with E-state index in [2.05, 4.69) is 48.2 Å². The molecule has 2 atom stereocenters. The second-order valence-corrected chi connectivity index (χ2v) is 11.2. The molecular formula is C32H31Cl2NO. The number of rotatable bonds is 5. The van der Waals surface area contributed by atoms with Crippen molar-refractivity contribution in [2.24, 2.45) is 0 Å². The Kier molecular flexibility index (Phi) is 6.58. The van der Waals surface area contributed by atoms with Gasteiger partial charge in [0, 0.05) is 34.4 Å². The lowest BCUT2D eigenvalue weighted by Crippen LogP contribution is -2.34. The van der Waals surface area contributed by atoms with Crippen LogP contribution in [-0.2, 0) is 17.6 Å². The molecule has 3 aromatic carbocycles. The molecule has 0 saturated carbocycles. The highest BCUT2D eigenvalue weighted by Gasteiger charge is 2.27. The van der Waals surface area contributed by atoms with Gasteiger partial charge in [0.05, 0.1) is 0 Å². The van der Waals surface area contributed by atoms with Crippen molar-refractivity contribution in [3.63, 3.8) is 0 Å². The number of hydrogen-bond acceptors (Lipinski definition) is 2. The standard InChI is InChI=1S/C32H31Cl2NO/c1-21(26-17-24-4-2-14-35-15-3-5-25(18-26)32(24)35)16-30-19-27(22-6-10-28(33)11-7-22)20-31(36-30)23-8-12-29(34)13-9-23/h6-13,17-21,30H,2-5,14-16H2,1H3. The zero-order chi connectivity index (χ0) is 24.6. The van der Waals surface area contributed by atoms with Crippen molar-refractivity contribution in [3.8, 4) is 0 Å². The monoisotopic (exact) mass is 515 g/mol. The van der Waals surface area contributed by atoms with Gasteiger partial charge >= 0.3 is 0 Å². The van der Waals surface area contributed by atoms with Crippen molar-refractivity contribution < 1.29 is 4.74 Å². The van der Waals surface area contributed by atoms with Crippen LogP contribution in [0.25, 0.3) is 11.3 Å². The summed E-state index contributed by atoms with van der Waals surface area (Å²) < 4.78 is 6.58. The maximum atomic E-state index is 6.58. The Bertz CT molecular complexity index is 1290. The van der Waals surface area contributed by atoms with E-state index in [1.165, 1.54) is 50.0 Å². The van der Waals surface area contributed by atoms with Gasteiger partial charge in [0.25, 0.3) is 0 Å². The molecular weight excluding hydrogens is 485 g/mol. The molecule has 0 bridgehead atoms. The average Bonchev–Trinajstić information content (AvgIpc) is 2.89. The fraction of sp³-hybridized carbons (Fsp3) is 0.312. The first-order valence-corrected chi connectivity index (χ1v) is 13.8. The van der Waals surface area contributed by atoms with Crippen LogP contribution >= 0.6 is 23.2 Å². The summed E-state index contributed by atoms with van der Waals surface area (Å²) in [5.41, 5.74) is 9.42. The first-order valence-electron chi connectivity index (χ1n) is 13.1. The van der Waals surface area contributed by atoms with Gasteiger partial charge in [0.2, 0.25) is 0 Å². The number of halogens is 2. The minimum atomic E-state index is -0.0229. The van der Waals surface area contributed by atoms with Crippen LogP contribution in [0.15, 0.2) is 72.8 Å². The molecule has 2 nitrogen and oxygen atoms in total. The van der Waals surface area contributed by atoms with Crippen molar-refractivity contribution in [3.05, 3.63) is 111 Å². The third-order valence-corrected chi connectivity index (χ3v) is 8.25. The van der Waals surface area contributed by atoms with Crippen molar-refractivity contribution in [2.45, 2.75) is 51.0 Å². The molecule has 3 aliphatic rings. The maximum Gasteiger partial charge on any atom is 0.128 e. The molecule has 0 spiro atoms. The van der Waals surface area contributed by atoms with Gasteiger partial charge in [-0.05, 0) is 114 Å². The van der Waals surface area contributed by atoms with E-state index in [-0.39, 0.29) is 6.10 Å². The zero-order valence-electron chi connectivity index (χ0n) is 20.6. The van der Waals surface area contributed by atoms with E-state index in [0.29, 0.717) is 5.92 Å². The van der Waals surface area contributed by atoms with Crippen LogP contribution in [0.2, 0.25) is 10.0 Å². The number of allylic oxidation sites excluding steroid dienone is 2. The van der Waals surface area contributed by atoms with E-state index in [1.807, 2.05) is 36.4 Å². The molecule has 0 N–H and O–H groups in total. The third-order valence-electron chi connectivity index (χ3n) is 7.75. The third kappa shape index (κ3) is 4.82. The fourth-order valence-electron chi connectivity index (χ4n) is 5.92. The van der Waals surface area contributed by atoms with E-state index in [9.17, 15) is 0 Å². The molecule has 3 aliphatic heterocycles. The summed E-state index contributed by atoms with van der Waals surface area (Å²) in [7, 11) is 0. The van der Waals surface area contributed by atoms with Crippen molar-refractivity contribution in [1.82, 2.24) is 0 Å². The minimum absolute atomic E-state index is 0.0229. The summed E-state index contributed by atoms with van der Waals surface area (Å²) in [5.74, 6) is 1.27. The number of anilines is 1. The van der Waals surface area contributed by atoms with Gasteiger partial charge in [0.15, 0.2) is 0 Å². The fourth-order valence-corrected chi connectivity index (χ4v) is 6.18. The Morgan fingerprint density at radius 3 is 2.06 bits per heavy atom. The predicted molar refractivity (Wildman–Crippen MR) is 152 cm³/mol. The summed E-state index contributed by atoms with van der Waals surface area (Å²) in [6.45, 7) is 4.77. The van der Waals surface area contributed by atoms with Gasteiger partial charge in [0.1, 0.15) is 11.9 Å². The van der Waals surface area contributed by atoms with E-state index in [0.717, 1.165) is 38.9 Å². The molecule has 3 aromatic rings. The van der Waals surface area contributed by atoms with Crippen LogP contribution in [0.3, 0.4) is 0 Å². The number of ether oxygens (including phenoxy) is 1. The van der Waals surface area contributed by atoms with E-state index < -0.39 is 0 Å². The Balaban J connectivity index is 1.30. The Hall–Kier alpha value is -2.68. The summed E-state index contributed by atoms with van der Waals surface area (Å²) in [6, 6.07) is 20.9. The molecule has 3 heterocycles. The molecule has 0 fully saturated rings. The van der Waals surface area contributed by atoms with E-state index in [1.54, 1.807) is 11.1 Å². The first-order chi connectivity index (χ1) is 17.5. The second kappa shape index (κ2) is 10.00. The largest absolute Gasteiger partial charge is 0.486 e. The molecule has 36 heavy (non-hydrogen) atoms. The number of hydrogen-bond donors (Lipinski definition) is 0. The molecule has 0 radical (unpaired) electrons. The van der Waals surface area contributed by atoms with Crippen molar-refractivity contribution in [1.29, 1.82) is 0 Å². The molecule has 6 rings (SSSR count). The number of aryl methyl sites for hydroxylation is 2. The SMILES string of the molecule is CC(CC1C=C(c2ccc(Cl)cc2)C=C(c2ccc(Cl)cc2)O1)c1cc2c3c(c1)CCCN3CCC2. The predicted octanol–water partition coefficient (Wildman–Crippen LogP) is 8.71. The number of nitrogens with zero attached hydrogens (tertiary/aromatic N) is 1. The second-order valence-electron chi connectivity index (χ2n) is 10.3. The van der Waals surface area contributed by atoms with E-state index in [4.69, 9.17) is 27.9 Å². The van der Waals surface area contributed by atoms with Crippen molar-refractivity contribution in [2.75, 3.05) is 18.0 Å². The Labute approximate surface area is 224 Å². The van der Waals surface area contributed by atoms with Gasteiger partial charge in [-0.1, -0.05) is 54.4 Å². The summed E-state index contributed by atoms with van der Waals surface area (Å²) >= 11 is 12.3. The highest BCUT2D eigenvalue weighted by molar-refractivity contribution is 6.30. The van der Waals surface area contributed by atoms with Crippen LogP contribution in [0.1, 0.15) is 59.9 Å². The average molecular weight is 517 g/mol. The summed E-state index contributed by atoms with van der Waals surface area (Å²) in [5, 5.41) is 1.47. The lowest BCUT2D eigenvalue weighted by molar-refractivity contribution is 0.192. The summed E-state index contributed by atoms with van der Waals surface area (Å²) in [4.78, 5) is 2.61. The minimum Gasteiger partial charge on any atom is -0.486 e. The quantitative estimate of drug-likeness (QED) is 0.336. The Morgan fingerprint density at radius 2 is 1.44 bits per heavy atom. The van der Waals surface area contributed by atoms with Crippen LogP contribution in [0.5, 0.6) is 0 Å². The zero-order valence-corrected chi connectivity index (χ0v) is 22.2. The maximum absolute atomic E-state index is 6.58. The van der Waals surface area contributed by atoms with Gasteiger partial charge in [-0.25, -0.2) is 0 Å². The molecule has 0 aliphatic carbocycles. The molecule has 0 aromatic heterocycles. The van der Waals surface area contributed by atoms with E-state index >= 15 is 0 Å². The Morgan fingerprint density at radius 1 is 0.861 bits per heavy atom. The van der Waals surface area contributed by atoms with Crippen LogP contribution in [0, 0.1) is 0 Å². The molecule has 184 valence electrons. The van der Waals surface area contributed by atoms with Gasteiger partial charge in [-0.3, -0.25) is 0 Å². The molecule has 4 heteroatoms. The van der Waals surface area contributed by atoms with Crippen molar-refractivity contribution >= 4 is 40.2 Å². The van der Waals surface area contributed by atoms with Crippen LogP contribution < -0.4 is 4.90 Å². The molecule has 0 saturated heterocycles. The van der Waals surface area contributed by atoms with Crippen LogP contribution in [-0.4, -0.2) is 19.2 Å². The molecule has 0 amide bonds. The van der Waals surface area contributed by atoms with Gasteiger partial charge in [-0.15, -0.1) is 0 Å². The van der Waals surface area contributed by atoms with Gasteiger partial charge < -0.3 is 9.64 Å².